The molecule has 0 atom stereocenters. The van der Waals surface area contributed by atoms with E-state index in [9.17, 15) is 4.79 Å². The zero-order chi connectivity index (χ0) is 27.7. The van der Waals surface area contributed by atoms with Gasteiger partial charge in [0.1, 0.15) is 18.0 Å². The number of para-hydroxylation sites is 1. The Morgan fingerprint density at radius 3 is 2.32 bits per heavy atom. The molecule has 4 rings (SSSR count). The van der Waals surface area contributed by atoms with Gasteiger partial charge in [-0.2, -0.15) is 5.10 Å². The van der Waals surface area contributed by atoms with E-state index in [1.165, 1.54) is 13.4 Å². The minimum Gasteiger partial charge on any atom is -0.493 e. The van der Waals surface area contributed by atoms with Crippen molar-refractivity contribution >= 4 is 23.4 Å². The van der Waals surface area contributed by atoms with E-state index < -0.39 is 6.03 Å². The van der Waals surface area contributed by atoms with Gasteiger partial charge in [-0.15, -0.1) is 0 Å². The topological polar surface area (TPSA) is 115 Å². The Labute approximate surface area is 223 Å². The van der Waals surface area contributed by atoms with Gasteiger partial charge in [-0.25, -0.2) is 19.4 Å². The molecule has 0 spiro atoms. The Morgan fingerprint density at radius 2 is 1.66 bits per heavy atom. The van der Waals surface area contributed by atoms with Crippen molar-refractivity contribution < 1.29 is 14.3 Å². The van der Waals surface area contributed by atoms with Crippen molar-refractivity contribution in [1.82, 2.24) is 19.7 Å². The highest BCUT2D eigenvalue weighted by atomic mass is 16.5. The second kappa shape index (κ2) is 12.6. The lowest BCUT2D eigenvalue weighted by Crippen LogP contribution is -2.21. The molecular formula is C28H35N7O3. The van der Waals surface area contributed by atoms with Gasteiger partial charge >= 0.3 is 6.03 Å². The lowest BCUT2D eigenvalue weighted by molar-refractivity contribution is 0.262. The summed E-state index contributed by atoms with van der Waals surface area (Å²) in [7, 11) is 3.28. The van der Waals surface area contributed by atoms with E-state index in [1.807, 2.05) is 50.2 Å². The number of aromatic nitrogens is 4. The van der Waals surface area contributed by atoms with Gasteiger partial charge in [-0.1, -0.05) is 52.8 Å². The van der Waals surface area contributed by atoms with Gasteiger partial charge in [0.2, 0.25) is 5.88 Å². The molecule has 4 aromatic rings. The minimum absolute atomic E-state index is 0.187. The lowest BCUT2D eigenvalue weighted by atomic mass is 9.92. The van der Waals surface area contributed by atoms with E-state index in [-0.39, 0.29) is 5.41 Å². The van der Waals surface area contributed by atoms with Crippen LogP contribution < -0.4 is 25.4 Å². The number of carbonyl (C=O) groups is 1. The summed E-state index contributed by atoms with van der Waals surface area (Å²) in [5.74, 6) is 2.41. The highest BCUT2D eigenvalue weighted by molar-refractivity contribution is 5.99. The van der Waals surface area contributed by atoms with Gasteiger partial charge < -0.3 is 20.1 Å². The predicted molar refractivity (Wildman–Crippen MR) is 151 cm³/mol. The maximum absolute atomic E-state index is 12.9. The van der Waals surface area contributed by atoms with Gasteiger partial charge in [0.15, 0.2) is 11.5 Å². The van der Waals surface area contributed by atoms with E-state index in [2.05, 4.69) is 46.7 Å². The summed E-state index contributed by atoms with van der Waals surface area (Å²) in [6.07, 6.45) is 1.40. The molecule has 0 fully saturated rings. The molecule has 0 saturated heterocycles. The molecule has 200 valence electrons. The molecule has 2 heterocycles. The fourth-order valence-corrected chi connectivity index (χ4v) is 3.36. The maximum atomic E-state index is 12.9. The average Bonchev–Trinajstić information content (AvgIpc) is 3.35. The van der Waals surface area contributed by atoms with Crippen LogP contribution in [0, 0.1) is 0 Å². The third kappa shape index (κ3) is 7.00. The summed E-state index contributed by atoms with van der Waals surface area (Å²) in [5.41, 5.74) is 2.04. The van der Waals surface area contributed by atoms with Crippen LogP contribution in [0.25, 0.3) is 5.69 Å². The summed E-state index contributed by atoms with van der Waals surface area (Å²) in [6, 6.07) is 17.9. The number of ether oxygens (including phenoxy) is 2. The first kappa shape index (κ1) is 28.0. The standard InChI is InChI=1S/C26H29N7O3.C2H6/c1-26(2,3)21-14-23(33(32-21)18-9-7-6-8-10-18)31-25(34)30-17-11-12-19(20(13-17)35-5)36-24-15-22(27-4)28-16-29-24;1-2/h6-16H,1-5H3,(H,27,28,29)(H2,30,31,34);1-2H3. The number of urea groups is 1. The second-order valence-corrected chi connectivity index (χ2v) is 8.95. The van der Waals surface area contributed by atoms with Gasteiger partial charge in [0, 0.05) is 36.3 Å². The van der Waals surface area contributed by atoms with Crippen molar-refractivity contribution in [2.75, 3.05) is 30.1 Å². The first-order valence-corrected chi connectivity index (χ1v) is 12.4. The van der Waals surface area contributed by atoms with Crippen molar-refractivity contribution in [3.8, 4) is 23.1 Å². The Hall–Kier alpha value is -4.60. The van der Waals surface area contributed by atoms with Crippen LogP contribution in [0.2, 0.25) is 0 Å². The predicted octanol–water partition coefficient (Wildman–Crippen LogP) is 6.47. The van der Waals surface area contributed by atoms with E-state index >= 15 is 0 Å². The number of nitrogens with one attached hydrogen (secondary N) is 3. The molecule has 0 radical (unpaired) electrons. The van der Waals surface area contributed by atoms with Crippen LogP contribution in [-0.4, -0.2) is 39.9 Å². The Balaban J connectivity index is 0.00000195. The molecule has 38 heavy (non-hydrogen) atoms. The Morgan fingerprint density at radius 1 is 0.921 bits per heavy atom. The first-order valence-electron chi connectivity index (χ1n) is 12.4. The van der Waals surface area contributed by atoms with Crippen LogP contribution in [0.4, 0.5) is 22.1 Å². The van der Waals surface area contributed by atoms with Gasteiger partial charge in [0.25, 0.3) is 0 Å². The summed E-state index contributed by atoms with van der Waals surface area (Å²) in [6.45, 7) is 10.2. The molecule has 0 aliphatic rings. The summed E-state index contributed by atoms with van der Waals surface area (Å²) < 4.78 is 13.0. The van der Waals surface area contributed by atoms with Crippen LogP contribution in [0.15, 0.2) is 67.0 Å². The number of carbonyl (C=O) groups excluding carboxylic acids is 1. The molecule has 10 heteroatoms. The van der Waals surface area contributed by atoms with E-state index in [4.69, 9.17) is 14.6 Å². The lowest BCUT2D eigenvalue weighted by Gasteiger charge is -2.14. The van der Waals surface area contributed by atoms with Gasteiger partial charge in [-0.3, -0.25) is 5.32 Å². The Bertz CT molecular complexity index is 1350. The minimum atomic E-state index is -0.419. The zero-order valence-corrected chi connectivity index (χ0v) is 22.9. The SMILES string of the molecule is CC.CNc1cc(Oc2ccc(NC(=O)Nc3cc(C(C)(C)C)nn3-c3ccccc3)cc2OC)ncn1. The molecule has 3 N–H and O–H groups in total. The van der Waals surface area contributed by atoms with Crippen molar-refractivity contribution in [1.29, 1.82) is 0 Å². The fraction of sp³-hybridized carbons (Fsp3) is 0.286. The highest BCUT2D eigenvalue weighted by Gasteiger charge is 2.21. The number of amides is 2. The van der Waals surface area contributed by atoms with Crippen LogP contribution in [0.3, 0.4) is 0 Å². The molecule has 0 unspecified atom stereocenters. The van der Waals surface area contributed by atoms with E-state index in [1.54, 1.807) is 36.0 Å². The quantitative estimate of drug-likeness (QED) is 0.257. The van der Waals surface area contributed by atoms with Crippen LogP contribution in [0.5, 0.6) is 17.4 Å². The molecule has 0 saturated carbocycles. The molecule has 2 aromatic carbocycles. The number of nitrogens with zero attached hydrogens (tertiary/aromatic N) is 4. The number of benzene rings is 2. The molecule has 0 bridgehead atoms. The number of methoxy groups -OCH3 is 1. The third-order valence-electron chi connectivity index (χ3n) is 5.25. The monoisotopic (exact) mass is 517 g/mol. The molecular weight excluding hydrogens is 482 g/mol. The smallest absolute Gasteiger partial charge is 0.324 e. The van der Waals surface area contributed by atoms with Crippen molar-refractivity contribution in [2.45, 2.75) is 40.0 Å². The normalized spacial score (nSPS) is 10.6. The average molecular weight is 518 g/mol. The number of rotatable bonds is 7. The summed E-state index contributed by atoms with van der Waals surface area (Å²) in [5, 5.41) is 13.4. The fourth-order valence-electron chi connectivity index (χ4n) is 3.36. The van der Waals surface area contributed by atoms with E-state index in [0.717, 1.165) is 11.4 Å². The van der Waals surface area contributed by atoms with Crippen molar-refractivity contribution in [3.63, 3.8) is 0 Å². The molecule has 0 aliphatic carbocycles. The van der Waals surface area contributed by atoms with Crippen LogP contribution >= 0.6 is 0 Å². The first-order chi connectivity index (χ1) is 18.3. The number of hydrogen-bond acceptors (Lipinski definition) is 7. The molecule has 0 aliphatic heterocycles. The number of hydrogen-bond donors (Lipinski definition) is 3. The van der Waals surface area contributed by atoms with E-state index in [0.29, 0.717) is 34.7 Å². The second-order valence-electron chi connectivity index (χ2n) is 8.95. The van der Waals surface area contributed by atoms with Crippen molar-refractivity contribution in [2.24, 2.45) is 0 Å². The number of anilines is 3. The summed E-state index contributed by atoms with van der Waals surface area (Å²) >= 11 is 0. The van der Waals surface area contributed by atoms with Crippen molar-refractivity contribution in [3.05, 3.63) is 72.7 Å². The maximum Gasteiger partial charge on any atom is 0.324 e. The third-order valence-corrected chi connectivity index (χ3v) is 5.25. The summed E-state index contributed by atoms with van der Waals surface area (Å²) in [4.78, 5) is 21.1. The van der Waals surface area contributed by atoms with Gasteiger partial charge in [-0.05, 0) is 24.3 Å². The highest BCUT2D eigenvalue weighted by Crippen LogP contribution is 2.34. The molecule has 10 nitrogen and oxygen atoms in total. The Kier molecular flexibility index (Phi) is 9.26. The molecule has 2 aromatic heterocycles. The van der Waals surface area contributed by atoms with Gasteiger partial charge in [0.05, 0.1) is 18.5 Å². The largest absolute Gasteiger partial charge is 0.493 e. The van der Waals surface area contributed by atoms with Crippen LogP contribution in [-0.2, 0) is 5.41 Å². The van der Waals surface area contributed by atoms with Crippen LogP contribution in [0.1, 0.15) is 40.3 Å². The zero-order valence-electron chi connectivity index (χ0n) is 22.9. The molecule has 2 amide bonds.